The normalized spacial score (nSPS) is 11.8. The van der Waals surface area contributed by atoms with Crippen LogP contribution in [0.4, 0.5) is 0 Å². The van der Waals surface area contributed by atoms with Crippen LogP contribution in [0.2, 0.25) is 5.02 Å². The minimum Gasteiger partial charge on any atom is -0.354 e. The highest BCUT2D eigenvalue weighted by molar-refractivity contribution is 6.30. The van der Waals surface area contributed by atoms with Gasteiger partial charge in [-0.1, -0.05) is 99.1 Å². The molecular weight excluding hydrogens is 468 g/mol. The predicted octanol–water partition coefficient (Wildman–Crippen LogP) is 6.56. The first kappa shape index (κ1) is 27.5. The van der Waals surface area contributed by atoms with E-state index in [4.69, 9.17) is 11.6 Å². The topological polar surface area (TPSA) is 49.4 Å². The van der Waals surface area contributed by atoms with Crippen molar-refractivity contribution in [2.75, 3.05) is 6.54 Å². The molecule has 0 saturated carbocycles. The number of nitrogens with zero attached hydrogens (tertiary/aromatic N) is 1. The van der Waals surface area contributed by atoms with Gasteiger partial charge in [0, 0.05) is 31.0 Å². The molecule has 3 rings (SSSR count). The van der Waals surface area contributed by atoms with Crippen molar-refractivity contribution in [2.45, 2.75) is 65.0 Å². The molecule has 0 unspecified atom stereocenters. The number of carbonyl (C=O) groups is 2. The van der Waals surface area contributed by atoms with Gasteiger partial charge >= 0.3 is 0 Å². The van der Waals surface area contributed by atoms with Gasteiger partial charge in [0.25, 0.3) is 0 Å². The molecule has 2 amide bonds. The Balaban J connectivity index is 1.85. The van der Waals surface area contributed by atoms with Crippen molar-refractivity contribution < 1.29 is 9.59 Å². The summed E-state index contributed by atoms with van der Waals surface area (Å²) < 4.78 is 0. The lowest BCUT2D eigenvalue weighted by Gasteiger charge is -2.31. The number of hydrogen-bond donors (Lipinski definition) is 1. The van der Waals surface area contributed by atoms with E-state index in [9.17, 15) is 9.59 Å². The summed E-state index contributed by atoms with van der Waals surface area (Å²) in [4.78, 5) is 28.8. The van der Waals surface area contributed by atoms with E-state index in [2.05, 4.69) is 43.4 Å². The summed E-state index contributed by atoms with van der Waals surface area (Å²) in [5.41, 5.74) is 4.36. The summed E-state index contributed by atoms with van der Waals surface area (Å²) in [6.45, 7) is 7.29. The molecule has 3 aromatic rings. The van der Waals surface area contributed by atoms with Crippen molar-refractivity contribution in [3.05, 3.63) is 106 Å². The highest BCUT2D eigenvalue weighted by atomic mass is 35.5. The molecule has 0 aliphatic rings. The Kier molecular flexibility index (Phi) is 10.6. The van der Waals surface area contributed by atoms with E-state index in [1.807, 2.05) is 61.5 Å². The van der Waals surface area contributed by atoms with E-state index < -0.39 is 6.04 Å². The van der Waals surface area contributed by atoms with E-state index in [-0.39, 0.29) is 11.8 Å². The van der Waals surface area contributed by atoms with Crippen LogP contribution in [0.3, 0.4) is 0 Å². The number of benzene rings is 3. The molecule has 3 aromatic carbocycles. The SMILES string of the molecule is CCCNC(=O)[C@H](Cc1ccccc1)N(Cc1ccc(Cl)cc1)C(=O)CCc1ccc(C(C)C)cc1. The number of nitrogens with one attached hydrogen (secondary N) is 1. The van der Waals surface area contributed by atoms with Crippen LogP contribution in [-0.4, -0.2) is 29.3 Å². The van der Waals surface area contributed by atoms with Gasteiger partial charge in [0.1, 0.15) is 6.04 Å². The van der Waals surface area contributed by atoms with Crippen molar-refractivity contribution in [2.24, 2.45) is 0 Å². The molecule has 1 N–H and O–H groups in total. The number of carbonyl (C=O) groups excluding carboxylic acids is 2. The summed E-state index contributed by atoms with van der Waals surface area (Å²) in [5, 5.41) is 3.66. The highest BCUT2D eigenvalue weighted by Gasteiger charge is 2.30. The van der Waals surface area contributed by atoms with Crippen molar-refractivity contribution in [1.82, 2.24) is 10.2 Å². The molecule has 0 aliphatic carbocycles. The fraction of sp³-hybridized carbons (Fsp3) is 0.355. The minimum atomic E-state index is -0.606. The molecule has 0 spiro atoms. The first-order valence-corrected chi connectivity index (χ1v) is 13.2. The Morgan fingerprint density at radius 2 is 1.50 bits per heavy atom. The average molecular weight is 505 g/mol. The van der Waals surface area contributed by atoms with Crippen LogP contribution in [0.5, 0.6) is 0 Å². The Morgan fingerprint density at radius 3 is 2.11 bits per heavy atom. The molecule has 0 radical (unpaired) electrons. The summed E-state index contributed by atoms with van der Waals surface area (Å²) >= 11 is 6.09. The van der Waals surface area contributed by atoms with Crippen molar-refractivity contribution in [1.29, 1.82) is 0 Å². The number of halogens is 1. The zero-order valence-corrected chi connectivity index (χ0v) is 22.3. The van der Waals surface area contributed by atoms with Gasteiger partial charge in [-0.2, -0.15) is 0 Å². The van der Waals surface area contributed by atoms with Gasteiger partial charge in [-0.15, -0.1) is 0 Å². The van der Waals surface area contributed by atoms with Crippen LogP contribution >= 0.6 is 11.6 Å². The lowest BCUT2D eigenvalue weighted by molar-refractivity contribution is -0.141. The number of hydrogen-bond acceptors (Lipinski definition) is 2. The monoisotopic (exact) mass is 504 g/mol. The van der Waals surface area contributed by atoms with Crippen molar-refractivity contribution in [3.63, 3.8) is 0 Å². The average Bonchev–Trinajstić information content (AvgIpc) is 2.89. The maximum absolute atomic E-state index is 13.7. The Labute approximate surface area is 220 Å². The van der Waals surface area contributed by atoms with Gasteiger partial charge in [0.15, 0.2) is 0 Å². The van der Waals surface area contributed by atoms with Gasteiger partial charge in [0.05, 0.1) is 0 Å². The summed E-state index contributed by atoms with van der Waals surface area (Å²) in [6.07, 6.45) is 2.25. The van der Waals surface area contributed by atoms with Crippen LogP contribution in [-0.2, 0) is 29.0 Å². The van der Waals surface area contributed by atoms with Crippen molar-refractivity contribution in [3.8, 4) is 0 Å². The molecule has 0 aliphatic heterocycles. The van der Waals surface area contributed by atoms with Crippen LogP contribution in [0, 0.1) is 0 Å². The Bertz CT molecular complexity index is 1100. The molecule has 0 bridgehead atoms. The highest BCUT2D eigenvalue weighted by Crippen LogP contribution is 2.19. The third kappa shape index (κ3) is 8.23. The molecule has 5 heteroatoms. The standard InChI is InChI=1S/C31H37ClN2O2/c1-4-20-33-31(36)29(21-25-8-6-5-7-9-25)34(22-26-12-17-28(32)18-13-26)30(35)19-14-24-10-15-27(16-11-24)23(2)3/h5-13,15-18,23,29H,4,14,19-22H2,1-3H3,(H,33,36)/t29-/m0/s1. The quantitative estimate of drug-likeness (QED) is 0.303. The summed E-state index contributed by atoms with van der Waals surface area (Å²) in [7, 11) is 0. The molecule has 36 heavy (non-hydrogen) atoms. The maximum atomic E-state index is 13.7. The molecule has 0 heterocycles. The summed E-state index contributed by atoms with van der Waals surface area (Å²) in [5.74, 6) is 0.311. The predicted molar refractivity (Wildman–Crippen MR) is 148 cm³/mol. The molecule has 0 fully saturated rings. The Hall–Kier alpha value is -3.11. The van der Waals surface area contributed by atoms with E-state index in [1.54, 1.807) is 4.90 Å². The fourth-order valence-corrected chi connectivity index (χ4v) is 4.30. The van der Waals surface area contributed by atoms with Gasteiger partial charge in [-0.25, -0.2) is 0 Å². The second kappa shape index (κ2) is 13.8. The number of aryl methyl sites for hydroxylation is 1. The second-order valence-corrected chi connectivity index (χ2v) is 9.98. The summed E-state index contributed by atoms with van der Waals surface area (Å²) in [6, 6.07) is 25.2. The number of amides is 2. The Morgan fingerprint density at radius 1 is 0.861 bits per heavy atom. The molecular formula is C31H37ClN2O2. The van der Waals surface area contributed by atoms with Crippen LogP contribution < -0.4 is 5.32 Å². The zero-order valence-electron chi connectivity index (χ0n) is 21.5. The smallest absolute Gasteiger partial charge is 0.243 e. The van der Waals surface area contributed by atoms with E-state index >= 15 is 0 Å². The van der Waals surface area contributed by atoms with Crippen LogP contribution in [0.1, 0.15) is 61.8 Å². The minimum absolute atomic E-state index is 0.0366. The molecule has 1 atom stereocenters. The lowest BCUT2D eigenvalue weighted by atomic mass is 9.99. The van der Waals surface area contributed by atoms with E-state index in [1.165, 1.54) is 5.56 Å². The van der Waals surface area contributed by atoms with E-state index in [0.29, 0.717) is 43.3 Å². The second-order valence-electron chi connectivity index (χ2n) is 9.54. The third-order valence-corrected chi connectivity index (χ3v) is 6.61. The van der Waals surface area contributed by atoms with Crippen molar-refractivity contribution >= 4 is 23.4 Å². The van der Waals surface area contributed by atoms with Crippen LogP contribution in [0.15, 0.2) is 78.9 Å². The molecule has 0 aromatic heterocycles. The third-order valence-electron chi connectivity index (χ3n) is 6.36. The maximum Gasteiger partial charge on any atom is 0.243 e. The molecule has 4 nitrogen and oxygen atoms in total. The zero-order chi connectivity index (χ0) is 25.9. The van der Waals surface area contributed by atoms with Crippen LogP contribution in [0.25, 0.3) is 0 Å². The van der Waals surface area contributed by atoms with E-state index in [0.717, 1.165) is 23.1 Å². The van der Waals surface area contributed by atoms with Gasteiger partial charge in [0.2, 0.25) is 11.8 Å². The van der Waals surface area contributed by atoms with Gasteiger partial charge < -0.3 is 10.2 Å². The molecule has 190 valence electrons. The number of rotatable bonds is 12. The van der Waals surface area contributed by atoms with Gasteiger partial charge in [-0.05, 0) is 53.1 Å². The lowest BCUT2D eigenvalue weighted by Crippen LogP contribution is -2.50. The first-order chi connectivity index (χ1) is 17.4. The largest absolute Gasteiger partial charge is 0.354 e. The first-order valence-electron chi connectivity index (χ1n) is 12.8. The molecule has 0 saturated heterocycles. The fourth-order valence-electron chi connectivity index (χ4n) is 4.17. The van der Waals surface area contributed by atoms with Gasteiger partial charge in [-0.3, -0.25) is 9.59 Å².